The van der Waals surface area contributed by atoms with Crippen LogP contribution in [0.4, 0.5) is 5.69 Å². The van der Waals surface area contributed by atoms with E-state index >= 15 is 0 Å². The number of rotatable bonds is 7. The highest BCUT2D eigenvalue weighted by Gasteiger charge is 2.26. The van der Waals surface area contributed by atoms with E-state index in [0.29, 0.717) is 22.7 Å². The number of hydrogen-bond acceptors (Lipinski definition) is 4. The van der Waals surface area contributed by atoms with Gasteiger partial charge in [-0.15, -0.1) is 0 Å². The number of anilines is 1. The van der Waals surface area contributed by atoms with Crippen molar-refractivity contribution in [2.24, 2.45) is 0 Å². The average Bonchev–Trinajstić information content (AvgIpc) is 2.86. The molecule has 170 valence electrons. The van der Waals surface area contributed by atoms with Gasteiger partial charge in [0, 0.05) is 11.3 Å². The topological polar surface area (TPSA) is 64.6 Å². The third-order valence-electron chi connectivity index (χ3n) is 5.26. The van der Waals surface area contributed by atoms with Gasteiger partial charge in [-0.25, -0.2) is 4.79 Å². The van der Waals surface area contributed by atoms with E-state index in [-0.39, 0.29) is 5.56 Å². The molecule has 5 nitrogen and oxygen atoms in total. The molecule has 0 radical (unpaired) electrons. The predicted octanol–water partition coefficient (Wildman–Crippen LogP) is 6.63. The summed E-state index contributed by atoms with van der Waals surface area (Å²) < 4.78 is 11.5. The van der Waals surface area contributed by atoms with Gasteiger partial charge in [-0.3, -0.25) is 4.79 Å². The summed E-state index contributed by atoms with van der Waals surface area (Å²) in [5.74, 6) is 0.105. The van der Waals surface area contributed by atoms with Gasteiger partial charge in [-0.1, -0.05) is 66.7 Å². The van der Waals surface area contributed by atoms with Crippen LogP contribution in [0.25, 0.3) is 0 Å². The minimum Gasteiger partial charge on any atom is -0.457 e. The zero-order chi connectivity index (χ0) is 23.9. The molecule has 4 aromatic carbocycles. The summed E-state index contributed by atoms with van der Waals surface area (Å²) in [6, 6.07) is 30.7. The van der Waals surface area contributed by atoms with Gasteiger partial charge >= 0.3 is 5.97 Å². The fourth-order valence-electron chi connectivity index (χ4n) is 3.46. The lowest BCUT2D eigenvalue weighted by molar-refractivity contribution is -0.125. The molecule has 0 aliphatic heterocycles. The Morgan fingerprint density at radius 1 is 0.735 bits per heavy atom. The summed E-state index contributed by atoms with van der Waals surface area (Å²) in [6.07, 6.45) is -1.12. The Morgan fingerprint density at radius 3 is 2.15 bits per heavy atom. The van der Waals surface area contributed by atoms with Gasteiger partial charge in [-0.2, -0.15) is 0 Å². The number of aryl methyl sites for hydroxylation is 2. The first-order chi connectivity index (χ1) is 16.5. The molecule has 1 N–H and O–H groups in total. The van der Waals surface area contributed by atoms with Crippen LogP contribution in [0.3, 0.4) is 0 Å². The smallest absolute Gasteiger partial charge is 0.339 e. The predicted molar refractivity (Wildman–Crippen MR) is 132 cm³/mol. The third-order valence-corrected chi connectivity index (χ3v) is 5.26. The molecule has 0 fully saturated rings. The molecule has 0 heterocycles. The Hall–Kier alpha value is -4.38. The largest absolute Gasteiger partial charge is 0.457 e. The van der Waals surface area contributed by atoms with E-state index in [4.69, 9.17) is 9.47 Å². The van der Waals surface area contributed by atoms with Crippen LogP contribution in [-0.2, 0) is 9.53 Å². The maximum atomic E-state index is 13.2. The molecular formula is C29H25NO4. The summed E-state index contributed by atoms with van der Waals surface area (Å²) in [5.41, 5.74) is 3.48. The van der Waals surface area contributed by atoms with E-state index in [1.807, 2.05) is 68.4 Å². The van der Waals surface area contributed by atoms with Crippen LogP contribution in [-0.4, -0.2) is 11.9 Å². The Kier molecular flexibility index (Phi) is 7.04. The molecule has 0 saturated heterocycles. The summed E-state index contributed by atoms with van der Waals surface area (Å²) in [4.78, 5) is 26.3. The maximum Gasteiger partial charge on any atom is 0.339 e. The van der Waals surface area contributed by atoms with Crippen molar-refractivity contribution in [3.63, 3.8) is 0 Å². The molecule has 34 heavy (non-hydrogen) atoms. The van der Waals surface area contributed by atoms with Crippen LogP contribution in [0.2, 0.25) is 0 Å². The van der Waals surface area contributed by atoms with Gasteiger partial charge in [0.15, 0.2) is 0 Å². The summed E-state index contributed by atoms with van der Waals surface area (Å²) >= 11 is 0. The maximum absolute atomic E-state index is 13.2. The lowest BCUT2D eigenvalue weighted by Crippen LogP contribution is -2.26. The molecule has 0 aliphatic carbocycles. The summed E-state index contributed by atoms with van der Waals surface area (Å²) in [7, 11) is 0. The van der Waals surface area contributed by atoms with Crippen LogP contribution in [0.1, 0.15) is 33.2 Å². The number of ether oxygens (including phenoxy) is 2. The molecule has 0 bridgehead atoms. The first kappa shape index (κ1) is 22.8. The van der Waals surface area contributed by atoms with Gasteiger partial charge in [0.1, 0.15) is 11.5 Å². The van der Waals surface area contributed by atoms with Crippen LogP contribution >= 0.6 is 0 Å². The average molecular weight is 452 g/mol. The molecule has 1 atom stereocenters. The van der Waals surface area contributed by atoms with Crippen LogP contribution < -0.4 is 10.1 Å². The lowest BCUT2D eigenvalue weighted by atomic mass is 10.1. The molecule has 0 saturated carbocycles. The quantitative estimate of drug-likeness (QED) is 0.320. The Labute approximate surface area is 199 Å². The number of benzene rings is 4. The fraction of sp³-hybridized carbons (Fsp3) is 0.103. The van der Waals surface area contributed by atoms with Crippen molar-refractivity contribution in [3.05, 3.63) is 125 Å². The molecule has 1 amide bonds. The minimum atomic E-state index is -1.12. The Morgan fingerprint density at radius 2 is 1.41 bits per heavy atom. The highest BCUT2D eigenvalue weighted by atomic mass is 16.5. The number of para-hydroxylation sites is 1. The van der Waals surface area contributed by atoms with Gasteiger partial charge < -0.3 is 14.8 Å². The number of nitrogens with one attached hydrogen (secondary N) is 1. The van der Waals surface area contributed by atoms with Crippen molar-refractivity contribution < 1.29 is 19.1 Å². The fourth-order valence-corrected chi connectivity index (χ4v) is 3.46. The number of carbonyl (C=O) groups is 2. The molecule has 0 aromatic heterocycles. The molecule has 0 spiro atoms. The number of carbonyl (C=O) groups excluding carboxylic acids is 2. The highest BCUT2D eigenvalue weighted by Crippen LogP contribution is 2.26. The van der Waals surface area contributed by atoms with Crippen molar-refractivity contribution in [2.45, 2.75) is 20.0 Å². The van der Waals surface area contributed by atoms with Crippen LogP contribution in [0.15, 0.2) is 103 Å². The van der Waals surface area contributed by atoms with Crippen LogP contribution in [0, 0.1) is 13.8 Å². The van der Waals surface area contributed by atoms with E-state index in [9.17, 15) is 9.59 Å². The molecule has 4 aromatic rings. The van der Waals surface area contributed by atoms with Crippen molar-refractivity contribution in [1.29, 1.82) is 0 Å². The normalized spacial score (nSPS) is 11.4. The van der Waals surface area contributed by atoms with Gasteiger partial charge in [0.2, 0.25) is 6.10 Å². The Bertz CT molecular complexity index is 1290. The van der Waals surface area contributed by atoms with Crippen molar-refractivity contribution in [2.75, 3.05) is 5.32 Å². The molecular weight excluding hydrogens is 426 g/mol. The zero-order valence-electron chi connectivity index (χ0n) is 19.0. The SMILES string of the molecule is Cc1ccc(C)c(NC(=O)[C@@H](OC(=O)c2cccc(Oc3ccccc3)c2)c2ccccc2)c1. The lowest BCUT2D eigenvalue weighted by Gasteiger charge is -2.19. The summed E-state index contributed by atoms with van der Waals surface area (Å²) in [5, 5.41) is 2.91. The third kappa shape index (κ3) is 5.70. The van der Waals surface area contributed by atoms with E-state index in [2.05, 4.69) is 5.32 Å². The van der Waals surface area contributed by atoms with Gasteiger partial charge in [0.05, 0.1) is 5.56 Å². The summed E-state index contributed by atoms with van der Waals surface area (Å²) in [6.45, 7) is 3.87. The standard InChI is InChI=1S/C29H25NO4/c1-20-16-17-21(2)26(18-20)30-28(31)27(22-10-5-3-6-11-22)34-29(32)23-12-9-15-25(19-23)33-24-13-7-4-8-14-24/h3-19,27H,1-2H3,(H,30,31)/t27-/m0/s1. The van der Waals surface area contributed by atoms with Gasteiger partial charge in [0.25, 0.3) is 5.91 Å². The van der Waals surface area contributed by atoms with E-state index < -0.39 is 18.0 Å². The Balaban J connectivity index is 1.56. The molecule has 4 rings (SSSR count). The zero-order valence-corrected chi connectivity index (χ0v) is 19.0. The highest BCUT2D eigenvalue weighted by molar-refractivity contribution is 5.98. The number of esters is 1. The number of amides is 1. The first-order valence-electron chi connectivity index (χ1n) is 11.0. The second-order valence-electron chi connectivity index (χ2n) is 7.95. The van der Waals surface area contributed by atoms with E-state index in [1.165, 1.54) is 0 Å². The molecule has 0 aliphatic rings. The minimum absolute atomic E-state index is 0.286. The van der Waals surface area contributed by atoms with Crippen LogP contribution in [0.5, 0.6) is 11.5 Å². The second-order valence-corrected chi connectivity index (χ2v) is 7.95. The van der Waals surface area contributed by atoms with Crippen molar-refractivity contribution in [3.8, 4) is 11.5 Å². The van der Waals surface area contributed by atoms with E-state index in [0.717, 1.165) is 11.1 Å². The van der Waals surface area contributed by atoms with Gasteiger partial charge in [-0.05, 0) is 61.4 Å². The monoisotopic (exact) mass is 451 g/mol. The van der Waals surface area contributed by atoms with E-state index in [1.54, 1.807) is 48.5 Å². The molecule has 5 heteroatoms. The first-order valence-corrected chi connectivity index (χ1v) is 11.0. The second kappa shape index (κ2) is 10.5. The molecule has 0 unspecified atom stereocenters. The van der Waals surface area contributed by atoms with Crippen molar-refractivity contribution >= 4 is 17.6 Å². The van der Waals surface area contributed by atoms with Crippen molar-refractivity contribution in [1.82, 2.24) is 0 Å². The number of hydrogen-bond donors (Lipinski definition) is 1.